The molecule has 0 aliphatic carbocycles. The van der Waals surface area contributed by atoms with Crippen molar-refractivity contribution in [3.63, 3.8) is 0 Å². The predicted molar refractivity (Wildman–Crippen MR) is 75.1 cm³/mol. The van der Waals surface area contributed by atoms with Crippen LogP contribution in [-0.2, 0) is 6.54 Å². The van der Waals surface area contributed by atoms with Gasteiger partial charge in [0, 0.05) is 18.2 Å². The zero-order valence-corrected chi connectivity index (χ0v) is 11.7. The highest BCUT2D eigenvalue weighted by atomic mass is 19.1. The number of benzene rings is 1. The summed E-state index contributed by atoms with van der Waals surface area (Å²) in [6, 6.07) is 7.54. The third kappa shape index (κ3) is 5.61. The lowest BCUT2D eigenvalue weighted by atomic mass is 10.2. The Morgan fingerprint density at radius 2 is 1.94 bits per heavy atom. The molecule has 0 aliphatic rings. The summed E-state index contributed by atoms with van der Waals surface area (Å²) in [5.74, 6) is -0.121. The van der Waals surface area contributed by atoms with Crippen molar-refractivity contribution in [2.75, 3.05) is 20.1 Å². The van der Waals surface area contributed by atoms with Gasteiger partial charge in [-0.2, -0.15) is 0 Å². The molecule has 0 spiro atoms. The highest BCUT2D eigenvalue weighted by molar-refractivity contribution is 5.16. The Morgan fingerprint density at radius 1 is 1.22 bits per heavy atom. The van der Waals surface area contributed by atoms with E-state index in [9.17, 15) is 4.39 Å². The van der Waals surface area contributed by atoms with Crippen LogP contribution in [0.4, 0.5) is 4.39 Å². The minimum Gasteiger partial charge on any atom is -0.313 e. The summed E-state index contributed by atoms with van der Waals surface area (Å²) < 4.78 is 13.3. The van der Waals surface area contributed by atoms with Crippen LogP contribution in [0.3, 0.4) is 0 Å². The second kappa shape index (κ2) is 8.22. The molecule has 0 aromatic heterocycles. The van der Waals surface area contributed by atoms with Crippen LogP contribution in [-0.4, -0.2) is 31.1 Å². The molecule has 0 bridgehead atoms. The van der Waals surface area contributed by atoms with Crippen molar-refractivity contribution in [2.24, 2.45) is 0 Å². The summed E-state index contributed by atoms with van der Waals surface area (Å²) in [6.45, 7) is 7.10. The maximum atomic E-state index is 13.3. The van der Waals surface area contributed by atoms with E-state index < -0.39 is 0 Å². The van der Waals surface area contributed by atoms with Gasteiger partial charge >= 0.3 is 0 Å². The molecule has 0 saturated carbocycles. The van der Waals surface area contributed by atoms with E-state index in [0.29, 0.717) is 12.6 Å². The molecule has 0 aliphatic heterocycles. The molecule has 1 aromatic rings. The number of unbranched alkanes of at least 4 members (excludes halogenated alkanes) is 1. The fraction of sp³-hybridized carbons (Fsp3) is 0.600. The Hall–Kier alpha value is -0.930. The molecule has 18 heavy (non-hydrogen) atoms. The Balaban J connectivity index is 2.07. The maximum absolute atomic E-state index is 13.3. The Bertz CT molecular complexity index is 339. The van der Waals surface area contributed by atoms with Crippen LogP contribution in [0, 0.1) is 5.82 Å². The lowest BCUT2D eigenvalue weighted by Crippen LogP contribution is -2.27. The summed E-state index contributed by atoms with van der Waals surface area (Å²) in [4.78, 5) is 2.34. The first-order chi connectivity index (χ1) is 8.61. The Kier molecular flexibility index (Phi) is 6.91. The predicted octanol–water partition coefficient (Wildman–Crippen LogP) is 3.04. The first-order valence-corrected chi connectivity index (χ1v) is 6.75. The van der Waals surface area contributed by atoms with Crippen molar-refractivity contribution in [2.45, 2.75) is 39.3 Å². The van der Waals surface area contributed by atoms with Gasteiger partial charge in [-0.25, -0.2) is 4.39 Å². The van der Waals surface area contributed by atoms with Gasteiger partial charge in [0.25, 0.3) is 0 Å². The van der Waals surface area contributed by atoms with Gasteiger partial charge in [0.2, 0.25) is 0 Å². The monoisotopic (exact) mass is 252 g/mol. The molecular formula is C15H25FN2. The van der Waals surface area contributed by atoms with Crippen LogP contribution >= 0.6 is 0 Å². The minimum absolute atomic E-state index is 0.121. The van der Waals surface area contributed by atoms with E-state index >= 15 is 0 Å². The fourth-order valence-electron chi connectivity index (χ4n) is 1.73. The largest absolute Gasteiger partial charge is 0.313 e. The Labute approximate surface area is 110 Å². The molecule has 1 N–H and O–H groups in total. The van der Waals surface area contributed by atoms with Crippen LogP contribution in [0.25, 0.3) is 0 Å². The van der Waals surface area contributed by atoms with Crippen molar-refractivity contribution in [3.05, 3.63) is 35.6 Å². The normalized spacial score (nSPS) is 11.4. The van der Waals surface area contributed by atoms with E-state index in [4.69, 9.17) is 0 Å². The van der Waals surface area contributed by atoms with Crippen molar-refractivity contribution in [1.82, 2.24) is 10.2 Å². The van der Waals surface area contributed by atoms with Gasteiger partial charge in [-0.3, -0.25) is 0 Å². The van der Waals surface area contributed by atoms with E-state index in [1.165, 1.54) is 12.5 Å². The fourth-order valence-corrected chi connectivity index (χ4v) is 1.73. The van der Waals surface area contributed by atoms with Gasteiger partial charge < -0.3 is 10.2 Å². The second-order valence-electron chi connectivity index (χ2n) is 5.05. The zero-order chi connectivity index (χ0) is 13.4. The Morgan fingerprint density at radius 3 is 2.61 bits per heavy atom. The number of nitrogens with one attached hydrogen (secondary N) is 1. The molecule has 0 amide bonds. The van der Waals surface area contributed by atoms with Crippen LogP contribution < -0.4 is 5.32 Å². The molecule has 0 fully saturated rings. The second-order valence-corrected chi connectivity index (χ2v) is 5.05. The molecule has 1 rings (SSSR count). The van der Waals surface area contributed by atoms with Gasteiger partial charge in [0.1, 0.15) is 5.82 Å². The van der Waals surface area contributed by atoms with E-state index in [1.807, 2.05) is 12.1 Å². The molecule has 0 saturated heterocycles. The first kappa shape index (κ1) is 15.1. The summed E-state index contributed by atoms with van der Waals surface area (Å²) in [7, 11) is 2.15. The van der Waals surface area contributed by atoms with E-state index in [1.54, 1.807) is 6.07 Å². The number of hydrogen-bond donors (Lipinski definition) is 1. The molecule has 1 aromatic carbocycles. The molecule has 102 valence electrons. The third-order valence-corrected chi connectivity index (χ3v) is 3.27. The summed E-state index contributed by atoms with van der Waals surface area (Å²) >= 11 is 0. The van der Waals surface area contributed by atoms with Crippen LogP contribution in [0.1, 0.15) is 32.3 Å². The highest BCUT2D eigenvalue weighted by Gasteiger charge is 2.02. The quantitative estimate of drug-likeness (QED) is 0.715. The number of rotatable bonds is 8. The number of halogens is 1. The topological polar surface area (TPSA) is 15.3 Å². The smallest absolute Gasteiger partial charge is 0.127 e. The zero-order valence-electron chi connectivity index (χ0n) is 11.7. The van der Waals surface area contributed by atoms with Crippen molar-refractivity contribution < 1.29 is 4.39 Å². The minimum atomic E-state index is -0.121. The van der Waals surface area contributed by atoms with Crippen LogP contribution in [0.2, 0.25) is 0 Å². The molecular weight excluding hydrogens is 227 g/mol. The molecule has 3 heteroatoms. The lowest BCUT2D eigenvalue weighted by molar-refractivity contribution is 0.268. The van der Waals surface area contributed by atoms with Gasteiger partial charge in [-0.15, -0.1) is 0 Å². The first-order valence-electron chi connectivity index (χ1n) is 6.75. The standard InChI is InChI=1S/C15H25FN2/c1-13(2)18(3)11-7-6-10-17-12-14-8-4-5-9-15(14)16/h4-5,8-9,13,17H,6-7,10-12H2,1-3H3. The number of nitrogens with zero attached hydrogens (tertiary/aromatic N) is 1. The third-order valence-electron chi connectivity index (χ3n) is 3.27. The average molecular weight is 252 g/mol. The lowest BCUT2D eigenvalue weighted by Gasteiger charge is -2.20. The van der Waals surface area contributed by atoms with Gasteiger partial charge in [0.05, 0.1) is 0 Å². The summed E-state index contributed by atoms with van der Waals surface area (Å²) in [5, 5.41) is 3.29. The van der Waals surface area contributed by atoms with E-state index in [2.05, 4.69) is 31.1 Å². The van der Waals surface area contributed by atoms with Crippen LogP contribution in [0.15, 0.2) is 24.3 Å². The summed E-state index contributed by atoms with van der Waals surface area (Å²) in [6.07, 6.45) is 2.31. The van der Waals surface area contributed by atoms with Crippen molar-refractivity contribution >= 4 is 0 Å². The van der Waals surface area contributed by atoms with Gasteiger partial charge in [-0.1, -0.05) is 18.2 Å². The highest BCUT2D eigenvalue weighted by Crippen LogP contribution is 2.05. The molecule has 0 radical (unpaired) electrons. The van der Waals surface area contributed by atoms with E-state index in [0.717, 1.165) is 25.1 Å². The number of hydrogen-bond acceptors (Lipinski definition) is 2. The van der Waals surface area contributed by atoms with Gasteiger partial charge in [-0.05, 0) is 52.9 Å². The van der Waals surface area contributed by atoms with Gasteiger partial charge in [0.15, 0.2) is 0 Å². The maximum Gasteiger partial charge on any atom is 0.127 e. The van der Waals surface area contributed by atoms with E-state index in [-0.39, 0.29) is 5.82 Å². The summed E-state index contributed by atoms with van der Waals surface area (Å²) in [5.41, 5.74) is 0.747. The molecule has 2 nitrogen and oxygen atoms in total. The molecule has 0 heterocycles. The SMILES string of the molecule is CC(C)N(C)CCCCNCc1ccccc1F. The van der Waals surface area contributed by atoms with Crippen molar-refractivity contribution in [3.8, 4) is 0 Å². The van der Waals surface area contributed by atoms with Crippen molar-refractivity contribution in [1.29, 1.82) is 0 Å². The molecule has 0 atom stereocenters. The molecule has 0 unspecified atom stereocenters. The average Bonchev–Trinajstić information content (AvgIpc) is 2.35. The van der Waals surface area contributed by atoms with Crippen LogP contribution in [0.5, 0.6) is 0 Å².